The van der Waals surface area contributed by atoms with E-state index in [0.29, 0.717) is 0 Å². The highest BCUT2D eigenvalue weighted by Gasteiger charge is 2.42. The topological polar surface area (TPSA) is 17.1 Å². The van der Waals surface area contributed by atoms with Crippen LogP contribution in [-0.2, 0) is 4.79 Å². The fraction of sp³-hybridized carbons (Fsp3) is 0.286. The van der Waals surface area contributed by atoms with Crippen molar-refractivity contribution < 1.29 is 18.0 Å². The third-order valence-electron chi connectivity index (χ3n) is 1.33. The minimum Gasteiger partial charge on any atom is -0.294 e. The van der Waals surface area contributed by atoms with Gasteiger partial charge in [0.1, 0.15) is 5.92 Å². The summed E-state index contributed by atoms with van der Waals surface area (Å²) in [6.07, 6.45) is -0.150. The monoisotopic (exact) mass is 162 g/mol. The molecule has 1 aliphatic rings. The van der Waals surface area contributed by atoms with Gasteiger partial charge in [-0.3, -0.25) is 4.79 Å². The zero-order chi connectivity index (χ0) is 8.48. The highest BCUT2D eigenvalue weighted by Crippen LogP contribution is 2.29. The first-order chi connectivity index (χ1) is 5.02. The Bertz CT molecular complexity index is 224. The highest BCUT2D eigenvalue weighted by atomic mass is 19.4. The molecule has 4 heteroatoms. The SMILES string of the molecule is O=C1C=CC=CC1C(F)(F)F. The fourth-order valence-electron chi connectivity index (χ4n) is 0.795. The predicted molar refractivity (Wildman–Crippen MR) is 32.8 cm³/mol. The largest absolute Gasteiger partial charge is 0.402 e. The normalized spacial score (nSPS) is 24.3. The molecule has 0 saturated carbocycles. The van der Waals surface area contributed by atoms with Gasteiger partial charge in [-0.15, -0.1) is 0 Å². The van der Waals surface area contributed by atoms with Crippen LogP contribution in [-0.4, -0.2) is 12.0 Å². The molecule has 0 saturated heterocycles. The molecule has 60 valence electrons. The van der Waals surface area contributed by atoms with Crippen LogP contribution in [0.2, 0.25) is 0 Å². The molecule has 0 aromatic rings. The second-order valence-electron chi connectivity index (χ2n) is 2.17. The van der Waals surface area contributed by atoms with E-state index in [0.717, 1.165) is 12.2 Å². The first-order valence-electron chi connectivity index (χ1n) is 2.97. The molecular formula is C7H5F3O. The number of carbonyl (C=O) groups excluding carboxylic acids is 1. The molecule has 0 aromatic heterocycles. The Balaban J connectivity index is 2.82. The Labute approximate surface area is 61.2 Å². The van der Waals surface area contributed by atoms with Gasteiger partial charge in [0.15, 0.2) is 5.78 Å². The summed E-state index contributed by atoms with van der Waals surface area (Å²) in [5.74, 6) is -2.84. The quantitative estimate of drug-likeness (QED) is 0.531. The van der Waals surface area contributed by atoms with E-state index in [4.69, 9.17) is 0 Å². The average Bonchev–Trinajstić information content (AvgIpc) is 1.86. The minimum absolute atomic E-state index is 0.850. The van der Waals surface area contributed by atoms with Crippen LogP contribution in [0.15, 0.2) is 24.3 Å². The van der Waals surface area contributed by atoms with E-state index in [-0.39, 0.29) is 0 Å². The molecule has 0 N–H and O–H groups in total. The molecule has 0 spiro atoms. The number of ketones is 1. The molecular weight excluding hydrogens is 157 g/mol. The van der Waals surface area contributed by atoms with Crippen molar-refractivity contribution in [2.45, 2.75) is 6.18 Å². The number of halogens is 3. The van der Waals surface area contributed by atoms with Gasteiger partial charge in [-0.05, 0) is 6.08 Å². The Morgan fingerprint density at radius 1 is 1.27 bits per heavy atom. The maximum Gasteiger partial charge on any atom is 0.402 e. The molecule has 0 aliphatic heterocycles. The van der Waals surface area contributed by atoms with Gasteiger partial charge < -0.3 is 0 Å². The van der Waals surface area contributed by atoms with E-state index in [1.54, 1.807) is 0 Å². The summed E-state index contributed by atoms with van der Waals surface area (Å²) >= 11 is 0. The summed E-state index contributed by atoms with van der Waals surface area (Å²) in [5.41, 5.74) is 0. The number of alkyl halides is 3. The van der Waals surface area contributed by atoms with Crippen molar-refractivity contribution in [1.82, 2.24) is 0 Å². The smallest absolute Gasteiger partial charge is 0.294 e. The molecule has 0 amide bonds. The second-order valence-corrected chi connectivity index (χ2v) is 2.17. The van der Waals surface area contributed by atoms with Gasteiger partial charge >= 0.3 is 6.18 Å². The van der Waals surface area contributed by atoms with Crippen LogP contribution in [0.1, 0.15) is 0 Å². The third-order valence-corrected chi connectivity index (χ3v) is 1.33. The van der Waals surface area contributed by atoms with E-state index >= 15 is 0 Å². The van der Waals surface area contributed by atoms with Gasteiger partial charge in [-0.25, -0.2) is 0 Å². The number of carbonyl (C=O) groups is 1. The van der Waals surface area contributed by atoms with Crippen molar-refractivity contribution in [3.05, 3.63) is 24.3 Å². The summed E-state index contributed by atoms with van der Waals surface area (Å²) in [6, 6.07) is 0. The molecule has 1 aliphatic carbocycles. The van der Waals surface area contributed by atoms with Crippen molar-refractivity contribution in [2.75, 3.05) is 0 Å². The van der Waals surface area contributed by atoms with Crippen LogP contribution in [0.4, 0.5) is 13.2 Å². The molecule has 0 bridgehead atoms. The summed E-state index contributed by atoms with van der Waals surface area (Å²) in [6.45, 7) is 0. The summed E-state index contributed by atoms with van der Waals surface area (Å²) in [7, 11) is 0. The average molecular weight is 162 g/mol. The first kappa shape index (κ1) is 8.04. The fourth-order valence-corrected chi connectivity index (χ4v) is 0.795. The van der Waals surface area contributed by atoms with Crippen LogP contribution < -0.4 is 0 Å². The lowest BCUT2D eigenvalue weighted by Crippen LogP contribution is -2.28. The Morgan fingerprint density at radius 3 is 2.27 bits per heavy atom. The van der Waals surface area contributed by atoms with Gasteiger partial charge in [0.25, 0.3) is 0 Å². The number of allylic oxidation sites excluding steroid dienone is 4. The van der Waals surface area contributed by atoms with Crippen LogP contribution in [0.25, 0.3) is 0 Å². The molecule has 0 aromatic carbocycles. The highest BCUT2D eigenvalue weighted by molar-refractivity contribution is 5.94. The van der Waals surface area contributed by atoms with Gasteiger partial charge in [-0.1, -0.05) is 18.2 Å². The lowest BCUT2D eigenvalue weighted by molar-refractivity contribution is -0.168. The van der Waals surface area contributed by atoms with Gasteiger partial charge in [-0.2, -0.15) is 13.2 Å². The molecule has 1 rings (SSSR count). The van der Waals surface area contributed by atoms with E-state index in [1.165, 1.54) is 12.2 Å². The predicted octanol–water partition coefficient (Wildman–Crippen LogP) is 1.86. The van der Waals surface area contributed by atoms with Crippen molar-refractivity contribution in [3.8, 4) is 0 Å². The van der Waals surface area contributed by atoms with E-state index in [2.05, 4.69) is 0 Å². The second kappa shape index (κ2) is 2.53. The van der Waals surface area contributed by atoms with E-state index in [9.17, 15) is 18.0 Å². The summed E-state index contributed by atoms with van der Waals surface area (Å²) < 4.78 is 35.7. The summed E-state index contributed by atoms with van der Waals surface area (Å²) in [4.78, 5) is 10.6. The lowest BCUT2D eigenvalue weighted by atomic mass is 9.99. The maximum absolute atomic E-state index is 11.9. The number of hydrogen-bond acceptors (Lipinski definition) is 1. The van der Waals surface area contributed by atoms with Crippen LogP contribution in [0.3, 0.4) is 0 Å². The van der Waals surface area contributed by atoms with Crippen molar-refractivity contribution >= 4 is 5.78 Å². The van der Waals surface area contributed by atoms with Gasteiger partial charge in [0.2, 0.25) is 0 Å². The molecule has 0 fully saturated rings. The Hall–Kier alpha value is -1.06. The molecule has 1 nitrogen and oxygen atoms in total. The number of rotatable bonds is 0. The van der Waals surface area contributed by atoms with Crippen molar-refractivity contribution in [2.24, 2.45) is 5.92 Å². The van der Waals surface area contributed by atoms with Gasteiger partial charge in [0, 0.05) is 0 Å². The molecule has 1 atom stereocenters. The van der Waals surface area contributed by atoms with Crippen molar-refractivity contribution in [1.29, 1.82) is 0 Å². The molecule has 11 heavy (non-hydrogen) atoms. The summed E-state index contributed by atoms with van der Waals surface area (Å²) in [5, 5.41) is 0. The van der Waals surface area contributed by atoms with Crippen molar-refractivity contribution in [3.63, 3.8) is 0 Å². The zero-order valence-corrected chi connectivity index (χ0v) is 5.43. The van der Waals surface area contributed by atoms with E-state index < -0.39 is 17.9 Å². The molecule has 0 heterocycles. The third kappa shape index (κ3) is 1.69. The zero-order valence-electron chi connectivity index (χ0n) is 5.43. The van der Waals surface area contributed by atoms with Crippen LogP contribution in [0, 0.1) is 5.92 Å². The maximum atomic E-state index is 11.9. The van der Waals surface area contributed by atoms with Gasteiger partial charge in [0.05, 0.1) is 0 Å². The van der Waals surface area contributed by atoms with E-state index in [1.807, 2.05) is 0 Å². The first-order valence-corrected chi connectivity index (χ1v) is 2.97. The Kier molecular flexibility index (Phi) is 1.85. The van der Waals surface area contributed by atoms with Crippen LogP contribution in [0.5, 0.6) is 0 Å². The Morgan fingerprint density at radius 2 is 1.91 bits per heavy atom. The standard InChI is InChI=1S/C7H5F3O/c8-7(9,10)5-3-1-2-4-6(5)11/h1-5H. The lowest BCUT2D eigenvalue weighted by Gasteiger charge is -2.14. The van der Waals surface area contributed by atoms with Crippen LogP contribution >= 0.6 is 0 Å². The minimum atomic E-state index is -4.45. The molecule has 1 unspecified atom stereocenters. The molecule has 0 radical (unpaired) electrons. The number of hydrogen-bond donors (Lipinski definition) is 0.